The van der Waals surface area contributed by atoms with E-state index in [0.29, 0.717) is 12.0 Å². The third kappa shape index (κ3) is 2.96. The van der Waals surface area contributed by atoms with Gasteiger partial charge in [0.15, 0.2) is 11.5 Å². The smallest absolute Gasteiger partial charge is 0.157 e. The summed E-state index contributed by atoms with van der Waals surface area (Å²) in [5.41, 5.74) is 4.86. The highest BCUT2D eigenvalue weighted by molar-refractivity contribution is 5.83. The Kier molecular flexibility index (Phi) is 3.59. The first kappa shape index (κ1) is 14.2. The molecule has 4 heteroatoms. The van der Waals surface area contributed by atoms with Crippen molar-refractivity contribution in [2.45, 2.75) is 19.3 Å². The van der Waals surface area contributed by atoms with Gasteiger partial charge in [-0.15, -0.1) is 0 Å². The van der Waals surface area contributed by atoms with E-state index < -0.39 is 0 Å². The Bertz CT molecular complexity index is 765. The molecule has 0 aromatic heterocycles. The zero-order chi connectivity index (χ0) is 15.7. The fourth-order valence-corrected chi connectivity index (χ4v) is 2.69. The zero-order valence-corrected chi connectivity index (χ0v) is 12.1. The van der Waals surface area contributed by atoms with E-state index in [4.69, 9.17) is 0 Å². The van der Waals surface area contributed by atoms with Gasteiger partial charge >= 0.3 is 0 Å². The van der Waals surface area contributed by atoms with E-state index >= 15 is 0 Å². The maximum absolute atomic E-state index is 12.2. The minimum absolute atomic E-state index is 0.0647. The molecule has 0 spiro atoms. The lowest BCUT2D eigenvalue weighted by atomic mass is 10.00. The SMILES string of the molecule is C=C1Cc2cc(CC(=O)Cc3ccc(O)c(O)c3)ccc2N1. The molecule has 0 radical (unpaired) electrons. The maximum atomic E-state index is 12.2. The summed E-state index contributed by atoms with van der Waals surface area (Å²) in [6.45, 7) is 3.91. The van der Waals surface area contributed by atoms with Crippen LogP contribution in [0.5, 0.6) is 11.5 Å². The van der Waals surface area contributed by atoms with Crippen molar-refractivity contribution >= 4 is 11.5 Å². The molecule has 4 nitrogen and oxygen atoms in total. The summed E-state index contributed by atoms with van der Waals surface area (Å²) < 4.78 is 0. The Morgan fingerprint density at radius 1 is 1.05 bits per heavy atom. The predicted molar refractivity (Wildman–Crippen MR) is 85.1 cm³/mol. The molecule has 0 saturated heterocycles. The normalized spacial score (nSPS) is 12.8. The van der Waals surface area contributed by atoms with E-state index in [2.05, 4.69) is 11.9 Å². The molecule has 0 bridgehead atoms. The van der Waals surface area contributed by atoms with Gasteiger partial charge in [-0.1, -0.05) is 24.8 Å². The van der Waals surface area contributed by atoms with Crippen LogP contribution in [0.4, 0.5) is 5.69 Å². The summed E-state index contributed by atoms with van der Waals surface area (Å²) in [6.07, 6.45) is 1.38. The Balaban J connectivity index is 1.68. The lowest BCUT2D eigenvalue weighted by Crippen LogP contribution is -2.06. The standard InChI is InChI=1S/C18H17NO3/c1-11-6-14-7-12(2-4-16(14)19-11)8-15(20)9-13-3-5-17(21)18(22)10-13/h2-5,7,10,19,21-22H,1,6,8-9H2. The van der Waals surface area contributed by atoms with Crippen LogP contribution in [0, 0.1) is 0 Å². The minimum atomic E-state index is -0.201. The molecule has 2 aromatic rings. The summed E-state index contributed by atoms with van der Waals surface area (Å²) in [5.74, 6) is -0.315. The van der Waals surface area contributed by atoms with E-state index in [1.54, 1.807) is 6.07 Å². The number of phenols is 2. The summed E-state index contributed by atoms with van der Waals surface area (Å²) >= 11 is 0. The van der Waals surface area contributed by atoms with Gasteiger partial charge in [0.05, 0.1) is 0 Å². The van der Waals surface area contributed by atoms with Gasteiger partial charge in [0, 0.05) is 30.6 Å². The van der Waals surface area contributed by atoms with Crippen LogP contribution in [-0.2, 0) is 24.1 Å². The quantitative estimate of drug-likeness (QED) is 0.759. The number of fused-ring (bicyclic) bond motifs is 1. The second-order valence-corrected chi connectivity index (χ2v) is 5.61. The molecule has 0 fully saturated rings. The largest absolute Gasteiger partial charge is 0.504 e. The number of benzene rings is 2. The van der Waals surface area contributed by atoms with Crippen LogP contribution in [0.1, 0.15) is 16.7 Å². The van der Waals surface area contributed by atoms with E-state index in [1.165, 1.54) is 12.1 Å². The van der Waals surface area contributed by atoms with Gasteiger partial charge in [0.2, 0.25) is 0 Å². The van der Waals surface area contributed by atoms with Crippen LogP contribution in [0.3, 0.4) is 0 Å². The minimum Gasteiger partial charge on any atom is -0.504 e. The number of hydrogen-bond donors (Lipinski definition) is 3. The van der Waals surface area contributed by atoms with Crippen molar-refractivity contribution < 1.29 is 15.0 Å². The van der Waals surface area contributed by atoms with Crippen molar-refractivity contribution in [3.8, 4) is 11.5 Å². The highest BCUT2D eigenvalue weighted by Crippen LogP contribution is 2.28. The highest BCUT2D eigenvalue weighted by Gasteiger charge is 2.14. The van der Waals surface area contributed by atoms with Crippen molar-refractivity contribution in [3.63, 3.8) is 0 Å². The van der Waals surface area contributed by atoms with Gasteiger partial charge in [-0.05, 0) is 34.9 Å². The topological polar surface area (TPSA) is 69.6 Å². The van der Waals surface area contributed by atoms with Gasteiger partial charge in [-0.25, -0.2) is 0 Å². The molecule has 0 atom stereocenters. The van der Waals surface area contributed by atoms with Crippen molar-refractivity contribution in [2.24, 2.45) is 0 Å². The summed E-state index contributed by atoms with van der Waals surface area (Å²) in [7, 11) is 0. The summed E-state index contributed by atoms with van der Waals surface area (Å²) in [6, 6.07) is 10.4. The first-order valence-corrected chi connectivity index (χ1v) is 7.10. The number of rotatable bonds is 4. The zero-order valence-electron chi connectivity index (χ0n) is 12.1. The molecule has 112 valence electrons. The number of ketones is 1. The van der Waals surface area contributed by atoms with E-state index in [0.717, 1.165) is 28.9 Å². The van der Waals surface area contributed by atoms with E-state index in [9.17, 15) is 15.0 Å². The second-order valence-electron chi connectivity index (χ2n) is 5.61. The van der Waals surface area contributed by atoms with Crippen molar-refractivity contribution in [1.82, 2.24) is 0 Å². The molecule has 1 aliphatic rings. The van der Waals surface area contributed by atoms with Crippen molar-refractivity contribution in [2.75, 3.05) is 5.32 Å². The van der Waals surface area contributed by atoms with Crippen LogP contribution in [0.2, 0.25) is 0 Å². The Labute approximate surface area is 128 Å². The lowest BCUT2D eigenvalue weighted by Gasteiger charge is -2.06. The molecule has 2 aromatic carbocycles. The first-order valence-electron chi connectivity index (χ1n) is 7.10. The third-order valence-corrected chi connectivity index (χ3v) is 3.73. The monoisotopic (exact) mass is 295 g/mol. The lowest BCUT2D eigenvalue weighted by molar-refractivity contribution is -0.117. The van der Waals surface area contributed by atoms with Crippen molar-refractivity contribution in [3.05, 3.63) is 65.4 Å². The number of aromatic hydroxyl groups is 2. The molecule has 0 unspecified atom stereocenters. The molecule has 22 heavy (non-hydrogen) atoms. The van der Waals surface area contributed by atoms with E-state index in [1.807, 2.05) is 18.2 Å². The maximum Gasteiger partial charge on any atom is 0.157 e. The molecule has 0 saturated carbocycles. The second kappa shape index (κ2) is 5.56. The Morgan fingerprint density at radius 2 is 1.73 bits per heavy atom. The van der Waals surface area contributed by atoms with Gasteiger partial charge in [-0.2, -0.15) is 0 Å². The van der Waals surface area contributed by atoms with Gasteiger partial charge in [0.25, 0.3) is 0 Å². The number of carbonyl (C=O) groups excluding carboxylic acids is 1. The Hall–Kier alpha value is -2.75. The number of allylic oxidation sites excluding steroid dienone is 1. The number of nitrogens with one attached hydrogen (secondary N) is 1. The summed E-state index contributed by atoms with van der Waals surface area (Å²) in [4.78, 5) is 12.2. The molecule has 0 aliphatic carbocycles. The van der Waals surface area contributed by atoms with Gasteiger partial charge in [-0.3, -0.25) is 4.79 Å². The molecule has 3 N–H and O–H groups in total. The fraction of sp³-hybridized carbons (Fsp3) is 0.167. The van der Waals surface area contributed by atoms with Crippen LogP contribution in [0.25, 0.3) is 0 Å². The molecule has 1 aliphatic heterocycles. The number of carbonyl (C=O) groups is 1. The van der Waals surface area contributed by atoms with Crippen LogP contribution >= 0.6 is 0 Å². The average Bonchev–Trinajstić information content (AvgIpc) is 2.82. The number of hydrogen-bond acceptors (Lipinski definition) is 4. The Morgan fingerprint density at radius 3 is 2.45 bits per heavy atom. The molecular weight excluding hydrogens is 278 g/mol. The fourth-order valence-electron chi connectivity index (χ4n) is 2.69. The van der Waals surface area contributed by atoms with E-state index in [-0.39, 0.29) is 23.7 Å². The summed E-state index contributed by atoms with van der Waals surface area (Å²) in [5, 5.41) is 21.9. The molecule has 1 heterocycles. The van der Waals surface area contributed by atoms with Crippen LogP contribution < -0.4 is 5.32 Å². The number of anilines is 1. The predicted octanol–water partition coefficient (Wildman–Crippen LogP) is 2.93. The van der Waals surface area contributed by atoms with Gasteiger partial charge < -0.3 is 15.5 Å². The number of Topliss-reactive ketones (excluding diaryl/α,β-unsaturated/α-hetero) is 1. The molecular formula is C18H17NO3. The van der Waals surface area contributed by atoms with Crippen LogP contribution in [-0.4, -0.2) is 16.0 Å². The van der Waals surface area contributed by atoms with Crippen molar-refractivity contribution in [1.29, 1.82) is 0 Å². The average molecular weight is 295 g/mol. The third-order valence-electron chi connectivity index (χ3n) is 3.73. The molecule has 3 rings (SSSR count). The van der Waals surface area contributed by atoms with Gasteiger partial charge in [0.1, 0.15) is 5.78 Å². The highest BCUT2D eigenvalue weighted by atomic mass is 16.3. The molecule has 0 amide bonds. The number of phenolic OH excluding ortho intramolecular Hbond substituents is 2. The first-order chi connectivity index (χ1) is 10.5. The van der Waals surface area contributed by atoms with Crippen LogP contribution in [0.15, 0.2) is 48.7 Å².